The number of carbonyl (C=O) groups excluding carboxylic acids is 1. The first-order valence-electron chi connectivity index (χ1n) is 11.0. The van der Waals surface area contributed by atoms with Gasteiger partial charge in [0.05, 0.1) is 23.3 Å². The molecule has 0 aliphatic carbocycles. The summed E-state index contributed by atoms with van der Waals surface area (Å²) in [6.45, 7) is 10.2. The van der Waals surface area contributed by atoms with Crippen molar-refractivity contribution in [2.45, 2.75) is 27.4 Å². The van der Waals surface area contributed by atoms with Crippen molar-refractivity contribution in [2.24, 2.45) is 0 Å². The summed E-state index contributed by atoms with van der Waals surface area (Å²) in [6, 6.07) is 11.5. The smallest absolute Gasteiger partial charge is 0.238 e. The van der Waals surface area contributed by atoms with E-state index in [1.807, 2.05) is 55.8 Å². The van der Waals surface area contributed by atoms with Crippen LogP contribution < -0.4 is 5.32 Å². The third-order valence-electron chi connectivity index (χ3n) is 5.87. The summed E-state index contributed by atoms with van der Waals surface area (Å²) >= 11 is 12.3. The summed E-state index contributed by atoms with van der Waals surface area (Å²) in [4.78, 5) is 21.7. The van der Waals surface area contributed by atoms with Crippen LogP contribution >= 0.6 is 23.2 Å². The lowest BCUT2D eigenvalue weighted by atomic mass is 10.1. The van der Waals surface area contributed by atoms with Gasteiger partial charge in [0.2, 0.25) is 5.91 Å². The SMILES string of the molecule is Cc1nc(-c2ccc(Cl)c(Cl)c2)n(CN2CCN(CC(=O)Nc3c(C)cccc3C)CC2)n1. The molecule has 3 aromatic rings. The second kappa shape index (κ2) is 10.2. The number of aromatic nitrogens is 3. The highest BCUT2D eigenvalue weighted by Gasteiger charge is 2.21. The molecular weight excluding hydrogens is 459 g/mol. The highest BCUT2D eigenvalue weighted by atomic mass is 35.5. The molecule has 1 amide bonds. The van der Waals surface area contributed by atoms with Crippen LogP contribution in [0, 0.1) is 20.8 Å². The molecule has 174 valence electrons. The molecule has 1 aliphatic heterocycles. The Hall–Kier alpha value is -2.45. The molecule has 0 bridgehead atoms. The number of aryl methyl sites for hydroxylation is 3. The van der Waals surface area contributed by atoms with Crippen LogP contribution in [0.1, 0.15) is 17.0 Å². The molecule has 1 saturated heterocycles. The average Bonchev–Trinajstić information content (AvgIpc) is 3.14. The molecule has 2 heterocycles. The quantitative estimate of drug-likeness (QED) is 0.559. The molecule has 0 radical (unpaired) electrons. The zero-order valence-electron chi connectivity index (χ0n) is 19.1. The van der Waals surface area contributed by atoms with E-state index in [1.54, 1.807) is 6.07 Å². The van der Waals surface area contributed by atoms with Gasteiger partial charge in [-0.25, -0.2) is 9.67 Å². The van der Waals surface area contributed by atoms with Gasteiger partial charge in [0.1, 0.15) is 5.82 Å². The number of para-hydroxylation sites is 1. The molecule has 1 aliphatic rings. The molecule has 0 unspecified atom stereocenters. The van der Waals surface area contributed by atoms with Crippen LogP contribution in [0.25, 0.3) is 11.4 Å². The van der Waals surface area contributed by atoms with E-state index in [2.05, 4.69) is 25.2 Å². The van der Waals surface area contributed by atoms with Crippen LogP contribution in [-0.4, -0.2) is 63.2 Å². The third-order valence-corrected chi connectivity index (χ3v) is 6.61. The van der Waals surface area contributed by atoms with Crippen LogP contribution in [-0.2, 0) is 11.5 Å². The van der Waals surface area contributed by atoms with Gasteiger partial charge < -0.3 is 5.32 Å². The molecule has 1 N–H and O–H groups in total. The van der Waals surface area contributed by atoms with E-state index in [0.717, 1.165) is 54.4 Å². The van der Waals surface area contributed by atoms with Crippen LogP contribution in [0.4, 0.5) is 5.69 Å². The maximum atomic E-state index is 12.6. The molecule has 2 aromatic carbocycles. The summed E-state index contributed by atoms with van der Waals surface area (Å²) in [6.07, 6.45) is 0. The standard InChI is InChI=1S/C24H28Cl2N6O/c1-16-5-4-6-17(2)23(16)28-22(33)14-30-9-11-31(12-10-30)15-32-24(27-18(3)29-32)19-7-8-20(25)21(26)13-19/h4-8,13H,9-12,14-15H2,1-3H3,(H,28,33). The molecule has 0 saturated carbocycles. The highest BCUT2D eigenvalue weighted by Crippen LogP contribution is 2.28. The van der Waals surface area contributed by atoms with Crippen molar-refractivity contribution in [2.75, 3.05) is 38.0 Å². The Kier molecular flexibility index (Phi) is 7.34. The number of nitrogens with zero attached hydrogens (tertiary/aromatic N) is 5. The fourth-order valence-corrected chi connectivity index (χ4v) is 4.37. The minimum absolute atomic E-state index is 0.0228. The molecular formula is C24H28Cl2N6O. The van der Waals surface area contributed by atoms with Gasteiger partial charge in [-0.2, -0.15) is 5.10 Å². The first-order valence-corrected chi connectivity index (χ1v) is 11.7. The molecule has 7 nitrogen and oxygen atoms in total. The lowest BCUT2D eigenvalue weighted by Crippen LogP contribution is -2.49. The number of anilines is 1. The molecule has 0 spiro atoms. The Balaban J connectivity index is 1.34. The van der Waals surface area contributed by atoms with E-state index in [-0.39, 0.29) is 5.91 Å². The Morgan fingerprint density at radius 2 is 1.64 bits per heavy atom. The van der Waals surface area contributed by atoms with E-state index in [4.69, 9.17) is 23.2 Å². The highest BCUT2D eigenvalue weighted by molar-refractivity contribution is 6.42. The number of amides is 1. The third kappa shape index (κ3) is 5.73. The normalized spacial score (nSPS) is 15.1. The number of halogens is 2. The number of rotatable bonds is 6. The van der Waals surface area contributed by atoms with Crippen LogP contribution in [0.5, 0.6) is 0 Å². The average molecular weight is 487 g/mol. The number of benzene rings is 2. The van der Waals surface area contributed by atoms with Crippen molar-refractivity contribution in [3.63, 3.8) is 0 Å². The maximum Gasteiger partial charge on any atom is 0.238 e. The Bertz CT molecular complexity index is 1130. The van der Waals surface area contributed by atoms with E-state index < -0.39 is 0 Å². The molecule has 33 heavy (non-hydrogen) atoms. The second-order valence-corrected chi connectivity index (χ2v) is 9.28. The van der Waals surface area contributed by atoms with Gasteiger partial charge in [0, 0.05) is 37.4 Å². The largest absolute Gasteiger partial charge is 0.324 e. The van der Waals surface area contributed by atoms with Crippen molar-refractivity contribution < 1.29 is 4.79 Å². The lowest BCUT2D eigenvalue weighted by molar-refractivity contribution is -0.117. The Labute approximate surface area is 204 Å². The number of piperazine rings is 1. The zero-order valence-corrected chi connectivity index (χ0v) is 20.6. The Morgan fingerprint density at radius 3 is 2.30 bits per heavy atom. The lowest BCUT2D eigenvalue weighted by Gasteiger charge is -2.34. The first-order chi connectivity index (χ1) is 15.8. The van der Waals surface area contributed by atoms with Crippen molar-refractivity contribution in [1.82, 2.24) is 24.6 Å². The number of carbonyl (C=O) groups is 1. The van der Waals surface area contributed by atoms with Gasteiger partial charge in [0.15, 0.2) is 5.82 Å². The fraction of sp³-hybridized carbons (Fsp3) is 0.375. The van der Waals surface area contributed by atoms with E-state index in [1.165, 1.54) is 0 Å². The van der Waals surface area contributed by atoms with E-state index >= 15 is 0 Å². The monoisotopic (exact) mass is 486 g/mol. The van der Waals surface area contributed by atoms with Gasteiger partial charge in [-0.3, -0.25) is 14.6 Å². The predicted octanol–water partition coefficient (Wildman–Crippen LogP) is 4.39. The van der Waals surface area contributed by atoms with Crippen molar-refractivity contribution in [3.05, 3.63) is 63.4 Å². The predicted molar refractivity (Wildman–Crippen MR) is 133 cm³/mol. The van der Waals surface area contributed by atoms with Crippen LogP contribution in [0.15, 0.2) is 36.4 Å². The van der Waals surface area contributed by atoms with Crippen molar-refractivity contribution >= 4 is 34.8 Å². The topological polar surface area (TPSA) is 66.3 Å². The zero-order chi connectivity index (χ0) is 23.5. The minimum Gasteiger partial charge on any atom is -0.324 e. The van der Waals surface area contributed by atoms with E-state index in [9.17, 15) is 4.79 Å². The van der Waals surface area contributed by atoms with Gasteiger partial charge in [0.25, 0.3) is 0 Å². The van der Waals surface area contributed by atoms with Gasteiger partial charge in [-0.1, -0.05) is 41.4 Å². The molecule has 0 atom stereocenters. The molecule has 1 fully saturated rings. The number of nitrogens with one attached hydrogen (secondary N) is 1. The van der Waals surface area contributed by atoms with Crippen LogP contribution in [0.2, 0.25) is 10.0 Å². The summed E-state index contributed by atoms with van der Waals surface area (Å²) < 4.78 is 1.90. The summed E-state index contributed by atoms with van der Waals surface area (Å²) in [5.74, 6) is 1.49. The minimum atomic E-state index is 0.0228. The van der Waals surface area contributed by atoms with Gasteiger partial charge >= 0.3 is 0 Å². The second-order valence-electron chi connectivity index (χ2n) is 8.46. The van der Waals surface area contributed by atoms with Gasteiger partial charge in [-0.15, -0.1) is 0 Å². The summed E-state index contributed by atoms with van der Waals surface area (Å²) in [5, 5.41) is 8.66. The van der Waals surface area contributed by atoms with Crippen molar-refractivity contribution in [1.29, 1.82) is 0 Å². The number of hydrogen-bond donors (Lipinski definition) is 1. The maximum absolute atomic E-state index is 12.6. The summed E-state index contributed by atoms with van der Waals surface area (Å²) in [7, 11) is 0. The van der Waals surface area contributed by atoms with Crippen LogP contribution in [0.3, 0.4) is 0 Å². The van der Waals surface area contributed by atoms with E-state index in [0.29, 0.717) is 29.1 Å². The molecule has 9 heteroatoms. The number of hydrogen-bond acceptors (Lipinski definition) is 5. The summed E-state index contributed by atoms with van der Waals surface area (Å²) in [5.41, 5.74) is 3.95. The molecule has 1 aromatic heterocycles. The van der Waals surface area contributed by atoms with Crippen molar-refractivity contribution in [3.8, 4) is 11.4 Å². The molecule has 4 rings (SSSR count). The fourth-order valence-electron chi connectivity index (χ4n) is 4.07. The van der Waals surface area contributed by atoms with Gasteiger partial charge in [-0.05, 0) is 50.1 Å². The Morgan fingerprint density at radius 1 is 0.970 bits per heavy atom. The first kappa shape index (κ1) is 23.7.